The minimum absolute atomic E-state index is 0.318. The third-order valence-electron chi connectivity index (χ3n) is 1.01. The van der Waals surface area contributed by atoms with E-state index in [2.05, 4.69) is 0 Å². The number of rotatable bonds is 2. The van der Waals surface area contributed by atoms with Crippen LogP contribution in [0, 0.1) is 0 Å². The number of thioether (sulfide) groups is 1. The Bertz CT molecular complexity index is 270. The molecular formula is C6H6O2S. The van der Waals surface area contributed by atoms with E-state index in [-0.39, 0.29) is 10.9 Å². The Morgan fingerprint density at radius 1 is 1.56 bits per heavy atom. The quantitative estimate of drug-likeness (QED) is 0.442. The van der Waals surface area contributed by atoms with Gasteiger partial charge in [-0.1, -0.05) is 6.92 Å². The van der Waals surface area contributed by atoms with Crippen LogP contribution in [0.4, 0.5) is 0 Å². The van der Waals surface area contributed by atoms with Crippen LogP contribution in [0.1, 0.15) is 6.92 Å². The first kappa shape index (κ1) is 6.55. The van der Waals surface area contributed by atoms with Crippen molar-refractivity contribution in [1.82, 2.24) is 0 Å². The van der Waals surface area contributed by atoms with Crippen LogP contribution in [-0.4, -0.2) is 5.75 Å². The Labute approximate surface area is 56.6 Å². The lowest BCUT2D eigenvalue weighted by atomic mass is 10.3. The van der Waals surface area contributed by atoms with Gasteiger partial charge in [-0.15, -0.1) is 11.8 Å². The molecule has 1 rings (SSSR count). The second-order valence-electron chi connectivity index (χ2n) is 1.63. The fraction of sp³-hybridized carbons (Fsp3) is 0.333. The topological polar surface area (TPSA) is 34.1 Å². The van der Waals surface area contributed by atoms with Crippen LogP contribution in [0.3, 0.4) is 0 Å². The molecule has 0 N–H and O–H groups in total. The van der Waals surface area contributed by atoms with E-state index in [1.165, 1.54) is 17.8 Å². The maximum Gasteiger partial charge on any atom is 0.239 e. The summed E-state index contributed by atoms with van der Waals surface area (Å²) < 4.78 is 0. The molecule has 48 valence electrons. The number of hydrogen-bond donors (Lipinski definition) is 0. The molecule has 0 aromatic heterocycles. The maximum absolute atomic E-state index is 10.5. The Kier molecular flexibility index (Phi) is 1.71. The normalized spacial score (nSPS) is 10.3. The predicted octanol–water partition coefficient (Wildman–Crippen LogP) is 0.395. The second kappa shape index (κ2) is 2.35. The van der Waals surface area contributed by atoms with Crippen LogP contribution in [0.25, 0.3) is 0 Å². The first-order valence-corrected chi connectivity index (χ1v) is 3.67. The van der Waals surface area contributed by atoms with Crippen molar-refractivity contribution < 1.29 is 0 Å². The predicted molar refractivity (Wildman–Crippen MR) is 37.8 cm³/mol. The van der Waals surface area contributed by atoms with Gasteiger partial charge in [-0.3, -0.25) is 9.59 Å². The summed E-state index contributed by atoms with van der Waals surface area (Å²) in [6, 6.07) is 1.39. The zero-order chi connectivity index (χ0) is 6.85. The molecule has 9 heavy (non-hydrogen) atoms. The van der Waals surface area contributed by atoms with E-state index in [0.29, 0.717) is 4.90 Å². The second-order valence-corrected chi connectivity index (χ2v) is 2.94. The summed E-state index contributed by atoms with van der Waals surface area (Å²) >= 11 is 1.42. The Balaban J connectivity index is 2.80. The van der Waals surface area contributed by atoms with Gasteiger partial charge in [0.25, 0.3) is 0 Å². The summed E-state index contributed by atoms with van der Waals surface area (Å²) in [7, 11) is 0. The zero-order valence-corrected chi connectivity index (χ0v) is 5.83. The van der Waals surface area contributed by atoms with Crippen molar-refractivity contribution in [3.05, 3.63) is 26.5 Å². The molecule has 0 fully saturated rings. The monoisotopic (exact) mass is 142 g/mol. The molecule has 0 atom stereocenters. The van der Waals surface area contributed by atoms with Crippen molar-refractivity contribution in [3.8, 4) is 0 Å². The van der Waals surface area contributed by atoms with Crippen LogP contribution in [0.15, 0.2) is 20.6 Å². The van der Waals surface area contributed by atoms with Crippen molar-refractivity contribution in [2.24, 2.45) is 0 Å². The highest BCUT2D eigenvalue weighted by Crippen LogP contribution is 2.10. The van der Waals surface area contributed by atoms with Gasteiger partial charge in [-0.05, 0) is 5.75 Å². The van der Waals surface area contributed by atoms with Crippen LogP contribution in [0.2, 0.25) is 0 Å². The van der Waals surface area contributed by atoms with Crippen LogP contribution < -0.4 is 10.9 Å². The highest BCUT2D eigenvalue weighted by atomic mass is 32.2. The summed E-state index contributed by atoms with van der Waals surface area (Å²) in [5.74, 6) is 0.852. The van der Waals surface area contributed by atoms with Crippen LogP contribution in [0.5, 0.6) is 0 Å². The van der Waals surface area contributed by atoms with Crippen molar-refractivity contribution in [2.45, 2.75) is 11.8 Å². The van der Waals surface area contributed by atoms with Crippen molar-refractivity contribution in [3.63, 3.8) is 0 Å². The lowest BCUT2D eigenvalue weighted by molar-refractivity contribution is 1.22. The van der Waals surface area contributed by atoms with E-state index < -0.39 is 0 Å². The molecule has 0 aliphatic heterocycles. The van der Waals surface area contributed by atoms with Gasteiger partial charge in [0, 0.05) is 6.07 Å². The first-order chi connectivity index (χ1) is 4.25. The van der Waals surface area contributed by atoms with E-state index in [0.717, 1.165) is 5.75 Å². The van der Waals surface area contributed by atoms with E-state index in [9.17, 15) is 9.59 Å². The minimum Gasteiger partial charge on any atom is -0.285 e. The highest BCUT2D eigenvalue weighted by Gasteiger charge is 2.07. The van der Waals surface area contributed by atoms with Gasteiger partial charge in [0.2, 0.25) is 10.9 Å². The fourth-order valence-electron chi connectivity index (χ4n) is 0.557. The smallest absolute Gasteiger partial charge is 0.239 e. The Morgan fingerprint density at radius 2 is 2.22 bits per heavy atom. The molecule has 3 heteroatoms. The molecule has 0 aliphatic carbocycles. The molecule has 0 heterocycles. The molecule has 0 spiro atoms. The van der Waals surface area contributed by atoms with Crippen molar-refractivity contribution in [1.29, 1.82) is 0 Å². The first-order valence-electron chi connectivity index (χ1n) is 2.69. The standard InChI is InChI=1S/C6H6O2S/c1-2-9-5-3-4(7)6(5)8/h3H,2H2,1H3. The highest BCUT2D eigenvalue weighted by molar-refractivity contribution is 7.99. The molecule has 0 radical (unpaired) electrons. The van der Waals surface area contributed by atoms with Crippen LogP contribution >= 0.6 is 11.8 Å². The Hall–Kier alpha value is -0.570. The molecule has 0 bridgehead atoms. The van der Waals surface area contributed by atoms with Gasteiger partial charge in [-0.25, -0.2) is 0 Å². The van der Waals surface area contributed by atoms with Crippen molar-refractivity contribution in [2.75, 3.05) is 5.75 Å². The lowest BCUT2D eigenvalue weighted by Crippen LogP contribution is -2.30. The lowest BCUT2D eigenvalue weighted by Gasteiger charge is -1.94. The molecule has 0 saturated carbocycles. The minimum atomic E-state index is -0.356. The molecule has 0 aliphatic rings. The van der Waals surface area contributed by atoms with Crippen molar-refractivity contribution >= 4 is 11.8 Å². The molecule has 1 aromatic rings. The molecule has 0 amide bonds. The summed E-state index contributed by atoms with van der Waals surface area (Å²) in [6.45, 7) is 1.95. The third kappa shape index (κ3) is 1.05. The average molecular weight is 142 g/mol. The van der Waals surface area contributed by atoms with Gasteiger partial charge in [0.15, 0.2) is 0 Å². The van der Waals surface area contributed by atoms with Gasteiger partial charge in [-0.2, -0.15) is 0 Å². The van der Waals surface area contributed by atoms with E-state index in [1.54, 1.807) is 0 Å². The number of hydrogen-bond acceptors (Lipinski definition) is 3. The zero-order valence-electron chi connectivity index (χ0n) is 5.01. The molecule has 2 nitrogen and oxygen atoms in total. The summed E-state index contributed by atoms with van der Waals surface area (Å²) in [5.41, 5.74) is -0.673. The molecule has 1 aromatic carbocycles. The third-order valence-corrected chi connectivity index (χ3v) is 1.91. The van der Waals surface area contributed by atoms with E-state index >= 15 is 0 Å². The maximum atomic E-state index is 10.5. The SMILES string of the molecule is CCSc1cc(=O)c1=O. The van der Waals surface area contributed by atoms with Gasteiger partial charge in [0.1, 0.15) is 0 Å². The summed E-state index contributed by atoms with van der Waals surface area (Å²) in [4.78, 5) is 21.4. The molecule has 0 unspecified atom stereocenters. The molecular weight excluding hydrogens is 136 g/mol. The van der Waals surface area contributed by atoms with Crippen LogP contribution in [-0.2, 0) is 0 Å². The summed E-state index contributed by atoms with van der Waals surface area (Å²) in [5, 5.41) is 0. The fourth-order valence-corrected chi connectivity index (χ4v) is 1.29. The van der Waals surface area contributed by atoms with Gasteiger partial charge >= 0.3 is 0 Å². The largest absolute Gasteiger partial charge is 0.285 e. The van der Waals surface area contributed by atoms with Gasteiger partial charge in [0.05, 0.1) is 4.90 Å². The summed E-state index contributed by atoms with van der Waals surface area (Å²) in [6.07, 6.45) is 0. The average Bonchev–Trinajstić information content (AvgIpc) is 1.88. The Morgan fingerprint density at radius 3 is 2.56 bits per heavy atom. The molecule has 0 saturated heterocycles. The van der Waals surface area contributed by atoms with E-state index in [4.69, 9.17) is 0 Å². The van der Waals surface area contributed by atoms with Gasteiger partial charge < -0.3 is 0 Å². The van der Waals surface area contributed by atoms with E-state index in [1.807, 2.05) is 6.92 Å².